The highest BCUT2D eigenvalue weighted by Gasteiger charge is 2.18. The van der Waals surface area contributed by atoms with E-state index < -0.39 is 0 Å². The molecule has 1 heterocycles. The predicted octanol–water partition coefficient (Wildman–Crippen LogP) is 1.56. The molecule has 3 heteroatoms. The molecule has 1 aromatic carbocycles. The Kier molecular flexibility index (Phi) is 3.80. The zero-order valence-electron chi connectivity index (χ0n) is 9.60. The van der Waals surface area contributed by atoms with Crippen molar-refractivity contribution in [3.8, 4) is 5.75 Å². The quantitative estimate of drug-likeness (QED) is 0.813. The first kappa shape index (κ1) is 11.4. The number of phenolic OH excluding ortho intramolecular Hbond substituents is 1. The summed E-state index contributed by atoms with van der Waals surface area (Å²) in [7, 11) is 0. The van der Waals surface area contributed by atoms with Gasteiger partial charge in [0.05, 0.1) is 0 Å². The molecule has 0 aromatic heterocycles. The fourth-order valence-corrected chi connectivity index (χ4v) is 2.40. The van der Waals surface area contributed by atoms with Gasteiger partial charge >= 0.3 is 0 Å². The number of hydrogen-bond acceptors (Lipinski definition) is 3. The monoisotopic (exact) mass is 220 g/mol. The van der Waals surface area contributed by atoms with E-state index in [1.54, 1.807) is 6.07 Å². The second-order valence-electron chi connectivity index (χ2n) is 4.65. The maximum absolute atomic E-state index is 9.40. The molecule has 0 bridgehead atoms. The molecule has 1 fully saturated rings. The Morgan fingerprint density at radius 2 is 2.31 bits per heavy atom. The molecule has 0 amide bonds. The fourth-order valence-electron chi connectivity index (χ4n) is 2.40. The summed E-state index contributed by atoms with van der Waals surface area (Å²) in [6.45, 7) is 3.94. The zero-order valence-corrected chi connectivity index (χ0v) is 9.60. The number of aromatic hydroxyl groups is 1. The minimum Gasteiger partial charge on any atom is -0.508 e. The van der Waals surface area contributed by atoms with Crippen LogP contribution in [-0.2, 0) is 6.54 Å². The average Bonchev–Trinajstić information content (AvgIpc) is 2.29. The lowest BCUT2D eigenvalue weighted by Gasteiger charge is -2.32. The van der Waals surface area contributed by atoms with E-state index in [4.69, 9.17) is 5.73 Å². The molecule has 0 spiro atoms. The maximum Gasteiger partial charge on any atom is 0.115 e. The van der Waals surface area contributed by atoms with Crippen LogP contribution in [0.5, 0.6) is 5.75 Å². The molecule has 88 valence electrons. The minimum atomic E-state index is 0.352. The van der Waals surface area contributed by atoms with E-state index in [0.29, 0.717) is 11.7 Å². The molecule has 3 N–H and O–H groups in total. The largest absolute Gasteiger partial charge is 0.508 e. The first-order chi connectivity index (χ1) is 7.78. The summed E-state index contributed by atoms with van der Waals surface area (Å²) in [5.74, 6) is 0.996. The number of likely N-dealkylation sites (tertiary alicyclic amines) is 1. The molecule has 2 rings (SSSR count). The lowest BCUT2D eigenvalue weighted by Crippen LogP contribution is -2.37. The average molecular weight is 220 g/mol. The standard InChI is InChI=1S/C13H20N2O/c14-8-12-4-2-6-15(10-12)9-11-3-1-5-13(16)7-11/h1,3,5,7,12,16H,2,4,6,8-10,14H2/t12-/m0/s1. The van der Waals surface area contributed by atoms with Crippen LogP contribution in [0.25, 0.3) is 0 Å². The molecule has 1 atom stereocenters. The number of benzene rings is 1. The zero-order chi connectivity index (χ0) is 11.4. The lowest BCUT2D eigenvalue weighted by molar-refractivity contribution is 0.171. The summed E-state index contributed by atoms with van der Waals surface area (Å²) in [6, 6.07) is 7.51. The third kappa shape index (κ3) is 2.97. The number of rotatable bonds is 3. The molecule has 0 unspecified atom stereocenters. The number of hydrogen-bond donors (Lipinski definition) is 2. The number of piperidine rings is 1. The van der Waals surface area contributed by atoms with E-state index in [1.165, 1.54) is 18.4 Å². The smallest absolute Gasteiger partial charge is 0.115 e. The highest BCUT2D eigenvalue weighted by atomic mass is 16.3. The van der Waals surface area contributed by atoms with E-state index >= 15 is 0 Å². The van der Waals surface area contributed by atoms with E-state index in [9.17, 15) is 5.11 Å². The van der Waals surface area contributed by atoms with Crippen LogP contribution >= 0.6 is 0 Å². The van der Waals surface area contributed by atoms with Gasteiger partial charge in [-0.3, -0.25) is 4.90 Å². The van der Waals surface area contributed by atoms with Crippen molar-refractivity contribution < 1.29 is 5.11 Å². The topological polar surface area (TPSA) is 49.5 Å². The van der Waals surface area contributed by atoms with Gasteiger partial charge in [-0.15, -0.1) is 0 Å². The van der Waals surface area contributed by atoms with Gasteiger partial charge in [0, 0.05) is 13.1 Å². The minimum absolute atomic E-state index is 0.352. The van der Waals surface area contributed by atoms with Crippen LogP contribution in [0.15, 0.2) is 24.3 Å². The Balaban J connectivity index is 1.94. The Morgan fingerprint density at radius 1 is 1.44 bits per heavy atom. The van der Waals surface area contributed by atoms with Gasteiger partial charge in [-0.2, -0.15) is 0 Å². The van der Waals surface area contributed by atoms with E-state index in [-0.39, 0.29) is 0 Å². The molecule has 0 aliphatic carbocycles. The molecular formula is C13H20N2O. The molecular weight excluding hydrogens is 200 g/mol. The summed E-state index contributed by atoms with van der Waals surface area (Å²) in [5.41, 5.74) is 6.89. The van der Waals surface area contributed by atoms with Crippen molar-refractivity contribution in [1.82, 2.24) is 4.90 Å². The van der Waals surface area contributed by atoms with Gasteiger partial charge in [0.25, 0.3) is 0 Å². The van der Waals surface area contributed by atoms with Gasteiger partial charge in [0.1, 0.15) is 5.75 Å². The predicted molar refractivity (Wildman–Crippen MR) is 65.2 cm³/mol. The summed E-state index contributed by atoms with van der Waals surface area (Å²) >= 11 is 0. The lowest BCUT2D eigenvalue weighted by atomic mass is 9.98. The van der Waals surface area contributed by atoms with E-state index in [1.807, 2.05) is 12.1 Å². The van der Waals surface area contributed by atoms with Crippen LogP contribution in [0.2, 0.25) is 0 Å². The Bertz CT molecular complexity index is 340. The molecule has 0 radical (unpaired) electrons. The van der Waals surface area contributed by atoms with Crippen LogP contribution in [0.3, 0.4) is 0 Å². The van der Waals surface area contributed by atoms with Crippen LogP contribution in [0, 0.1) is 5.92 Å². The molecule has 1 aromatic rings. The first-order valence-corrected chi connectivity index (χ1v) is 5.98. The highest BCUT2D eigenvalue weighted by molar-refractivity contribution is 5.27. The van der Waals surface area contributed by atoms with Gasteiger partial charge in [-0.1, -0.05) is 12.1 Å². The third-order valence-electron chi connectivity index (χ3n) is 3.25. The second-order valence-corrected chi connectivity index (χ2v) is 4.65. The van der Waals surface area contributed by atoms with Gasteiger partial charge in [0.2, 0.25) is 0 Å². The summed E-state index contributed by atoms with van der Waals surface area (Å²) in [4.78, 5) is 2.43. The number of phenols is 1. The molecule has 16 heavy (non-hydrogen) atoms. The fraction of sp³-hybridized carbons (Fsp3) is 0.538. The van der Waals surface area contributed by atoms with Crippen LogP contribution in [-0.4, -0.2) is 29.6 Å². The number of nitrogens with zero attached hydrogens (tertiary/aromatic N) is 1. The van der Waals surface area contributed by atoms with Crippen molar-refractivity contribution in [2.75, 3.05) is 19.6 Å². The molecule has 3 nitrogen and oxygen atoms in total. The Hall–Kier alpha value is -1.06. The summed E-state index contributed by atoms with van der Waals surface area (Å²) < 4.78 is 0. The van der Waals surface area contributed by atoms with Crippen molar-refractivity contribution in [3.63, 3.8) is 0 Å². The van der Waals surface area contributed by atoms with E-state index in [0.717, 1.165) is 26.2 Å². The molecule has 0 saturated carbocycles. The van der Waals surface area contributed by atoms with Crippen LogP contribution in [0.1, 0.15) is 18.4 Å². The Labute approximate surface area is 96.9 Å². The van der Waals surface area contributed by atoms with E-state index in [2.05, 4.69) is 11.0 Å². The second kappa shape index (κ2) is 5.32. The van der Waals surface area contributed by atoms with Crippen molar-refractivity contribution >= 4 is 0 Å². The normalized spacial score (nSPS) is 22.2. The van der Waals surface area contributed by atoms with Gasteiger partial charge < -0.3 is 10.8 Å². The third-order valence-corrected chi connectivity index (χ3v) is 3.25. The van der Waals surface area contributed by atoms with Gasteiger partial charge in [-0.05, 0) is 49.5 Å². The highest BCUT2D eigenvalue weighted by Crippen LogP contribution is 2.19. The Morgan fingerprint density at radius 3 is 3.06 bits per heavy atom. The van der Waals surface area contributed by atoms with Gasteiger partial charge in [-0.25, -0.2) is 0 Å². The summed E-state index contributed by atoms with van der Waals surface area (Å²) in [5, 5.41) is 9.40. The summed E-state index contributed by atoms with van der Waals surface area (Å²) in [6.07, 6.45) is 2.49. The SMILES string of the molecule is NC[C@@H]1CCCN(Cc2cccc(O)c2)C1. The first-order valence-electron chi connectivity index (χ1n) is 5.98. The van der Waals surface area contributed by atoms with Gasteiger partial charge in [0.15, 0.2) is 0 Å². The molecule has 1 aliphatic rings. The number of nitrogens with two attached hydrogens (primary N) is 1. The maximum atomic E-state index is 9.40. The van der Waals surface area contributed by atoms with Crippen molar-refractivity contribution in [3.05, 3.63) is 29.8 Å². The molecule has 1 aliphatic heterocycles. The molecule has 1 saturated heterocycles. The van der Waals surface area contributed by atoms with Crippen molar-refractivity contribution in [2.45, 2.75) is 19.4 Å². The van der Waals surface area contributed by atoms with Crippen LogP contribution in [0.4, 0.5) is 0 Å². The van der Waals surface area contributed by atoms with Crippen molar-refractivity contribution in [1.29, 1.82) is 0 Å². The van der Waals surface area contributed by atoms with Crippen molar-refractivity contribution in [2.24, 2.45) is 11.7 Å². The van der Waals surface area contributed by atoms with Crippen LogP contribution < -0.4 is 5.73 Å².